The van der Waals surface area contributed by atoms with Crippen LogP contribution in [0.5, 0.6) is 0 Å². The van der Waals surface area contributed by atoms with Crippen LogP contribution in [0.15, 0.2) is 0 Å². The summed E-state index contributed by atoms with van der Waals surface area (Å²) in [5.41, 5.74) is 0.821. The molecule has 0 aromatic carbocycles. The maximum absolute atomic E-state index is 11.0. The first kappa shape index (κ1) is 14.5. The number of likely N-dealkylation sites (tertiary alicyclic amines) is 1. The van der Waals surface area contributed by atoms with Crippen molar-refractivity contribution in [3.8, 4) is 0 Å². The van der Waals surface area contributed by atoms with Gasteiger partial charge in [0.25, 0.3) is 0 Å². The first-order valence-electron chi connectivity index (χ1n) is 6.17. The summed E-state index contributed by atoms with van der Waals surface area (Å²) in [6.07, 6.45) is 7.32. The molecule has 1 fully saturated rings. The van der Waals surface area contributed by atoms with E-state index in [0.29, 0.717) is 0 Å². The summed E-state index contributed by atoms with van der Waals surface area (Å²) in [4.78, 5) is 13.3. The Balaban J connectivity index is 2.36. The number of carbonyl (C=O) groups is 1. The van der Waals surface area contributed by atoms with Gasteiger partial charge in [-0.05, 0) is 0 Å². The standard InChI is InChI=1S/C11H19B2ClN2O/c1-10(15-11(17)8-14)13-12-9-16-6-4-2-3-5-7-16/h9H,2-8H2,1H3,(H,15,17). The molecule has 0 aromatic heterocycles. The van der Waals surface area contributed by atoms with Crippen LogP contribution >= 0.6 is 11.6 Å². The third kappa shape index (κ3) is 6.67. The van der Waals surface area contributed by atoms with E-state index in [-0.39, 0.29) is 11.8 Å². The molecule has 1 heterocycles. The number of hydrogen-bond acceptors (Lipinski definition) is 2. The quantitative estimate of drug-likeness (QED) is 0.582. The maximum atomic E-state index is 11.0. The monoisotopic (exact) mass is 252 g/mol. The zero-order valence-corrected chi connectivity index (χ0v) is 11.2. The zero-order valence-electron chi connectivity index (χ0n) is 10.4. The van der Waals surface area contributed by atoms with Crippen LogP contribution in [0.1, 0.15) is 32.6 Å². The van der Waals surface area contributed by atoms with E-state index in [1.54, 1.807) is 0 Å². The summed E-state index contributed by atoms with van der Waals surface area (Å²) >= 11 is 5.40. The van der Waals surface area contributed by atoms with Crippen molar-refractivity contribution in [3.63, 3.8) is 0 Å². The minimum absolute atomic E-state index is 0.00101. The van der Waals surface area contributed by atoms with Crippen LogP contribution in [0, 0.1) is 0 Å². The van der Waals surface area contributed by atoms with Gasteiger partial charge in [-0.2, -0.15) is 0 Å². The molecular formula is C11H19B2ClN2O. The van der Waals surface area contributed by atoms with Crippen LogP contribution in [-0.2, 0) is 4.79 Å². The number of nitrogens with one attached hydrogen (secondary N) is 1. The molecular weight excluding hydrogens is 233 g/mol. The van der Waals surface area contributed by atoms with E-state index in [2.05, 4.69) is 16.3 Å². The van der Waals surface area contributed by atoms with Crippen LogP contribution < -0.4 is 5.32 Å². The van der Waals surface area contributed by atoms with Crippen molar-refractivity contribution < 1.29 is 4.79 Å². The van der Waals surface area contributed by atoms with E-state index in [0.717, 1.165) is 18.7 Å². The van der Waals surface area contributed by atoms with Gasteiger partial charge in [0.1, 0.15) is 0 Å². The molecule has 1 amide bonds. The van der Waals surface area contributed by atoms with E-state index < -0.39 is 0 Å². The van der Waals surface area contributed by atoms with E-state index in [1.165, 1.54) is 25.7 Å². The number of halogens is 1. The fraction of sp³-hybridized carbons (Fsp3) is 0.727. The second-order valence-corrected chi connectivity index (χ2v) is 4.59. The van der Waals surface area contributed by atoms with Gasteiger partial charge in [0, 0.05) is 0 Å². The number of alkyl halides is 1. The molecule has 0 unspecified atom stereocenters. The Hall–Kier alpha value is -0.570. The van der Waals surface area contributed by atoms with Crippen molar-refractivity contribution in [1.82, 2.24) is 10.2 Å². The molecule has 92 valence electrons. The van der Waals surface area contributed by atoms with Crippen molar-refractivity contribution in [2.24, 2.45) is 0 Å². The normalized spacial score (nSPS) is 17.3. The molecule has 1 aliphatic heterocycles. The number of amides is 1. The van der Waals surface area contributed by atoms with E-state index in [4.69, 9.17) is 11.6 Å². The van der Waals surface area contributed by atoms with E-state index in [1.807, 2.05) is 20.5 Å². The Morgan fingerprint density at radius 3 is 2.59 bits per heavy atom. The summed E-state index contributed by atoms with van der Waals surface area (Å²) in [6.45, 7) is 8.01. The Bertz CT molecular complexity index is 300. The van der Waals surface area contributed by atoms with Gasteiger partial charge in [-0.25, -0.2) is 0 Å². The Labute approximate surface area is 110 Å². The SMILES string of the molecule is CC(=BB=CN1CCCCCC1)NC(=O)CCl. The van der Waals surface area contributed by atoms with Gasteiger partial charge in [0.05, 0.1) is 0 Å². The van der Waals surface area contributed by atoms with Crippen LogP contribution in [0.2, 0.25) is 0 Å². The van der Waals surface area contributed by atoms with Crippen molar-refractivity contribution in [3.05, 3.63) is 0 Å². The van der Waals surface area contributed by atoms with Crippen molar-refractivity contribution in [2.75, 3.05) is 19.0 Å². The summed E-state index contributed by atoms with van der Waals surface area (Å²) in [6, 6.07) is 0. The fourth-order valence-electron chi connectivity index (χ4n) is 1.85. The molecule has 0 saturated carbocycles. The molecule has 1 aliphatic rings. The summed E-state index contributed by atoms with van der Waals surface area (Å²) in [5, 5.41) is 2.70. The molecule has 1 N–H and O–H groups in total. The van der Waals surface area contributed by atoms with Gasteiger partial charge in [-0.1, -0.05) is 0 Å². The van der Waals surface area contributed by atoms with Crippen LogP contribution in [0.25, 0.3) is 0 Å². The van der Waals surface area contributed by atoms with E-state index >= 15 is 0 Å². The molecule has 0 spiro atoms. The third-order valence-electron chi connectivity index (χ3n) is 2.74. The summed E-state index contributed by atoms with van der Waals surface area (Å²) < 4.78 is 0. The molecule has 1 saturated heterocycles. The minimum atomic E-state index is -0.163. The first-order valence-corrected chi connectivity index (χ1v) is 6.71. The Morgan fingerprint density at radius 1 is 1.35 bits per heavy atom. The molecule has 0 aromatic rings. The Morgan fingerprint density at radius 2 is 2.00 bits per heavy atom. The van der Waals surface area contributed by atoms with Crippen molar-refractivity contribution >= 4 is 42.8 Å². The van der Waals surface area contributed by atoms with Crippen LogP contribution in [0.3, 0.4) is 0 Å². The molecule has 0 radical (unpaired) electrons. The molecule has 0 atom stereocenters. The van der Waals surface area contributed by atoms with Crippen LogP contribution in [-0.4, -0.2) is 55.1 Å². The van der Waals surface area contributed by atoms with Gasteiger partial charge in [-0.3, -0.25) is 0 Å². The van der Waals surface area contributed by atoms with Crippen LogP contribution in [0.4, 0.5) is 0 Å². The number of carbonyl (C=O) groups excluding carboxylic acids is 1. The molecule has 0 bridgehead atoms. The summed E-state index contributed by atoms with van der Waals surface area (Å²) in [7, 11) is 0. The molecule has 3 nitrogen and oxygen atoms in total. The number of rotatable bonds is 4. The molecule has 0 aliphatic carbocycles. The molecule has 17 heavy (non-hydrogen) atoms. The van der Waals surface area contributed by atoms with Gasteiger partial charge in [-0.15, -0.1) is 0 Å². The molecule has 1 rings (SSSR count). The zero-order chi connectivity index (χ0) is 12.5. The topological polar surface area (TPSA) is 32.3 Å². The van der Waals surface area contributed by atoms with E-state index in [9.17, 15) is 4.79 Å². The summed E-state index contributed by atoms with van der Waals surface area (Å²) in [5.74, 6) is -0.162. The van der Waals surface area contributed by atoms with Gasteiger partial charge >= 0.3 is 109 Å². The second kappa shape index (κ2) is 8.51. The second-order valence-electron chi connectivity index (χ2n) is 4.32. The number of nitrogens with zero attached hydrogens (tertiary/aromatic N) is 1. The van der Waals surface area contributed by atoms with Gasteiger partial charge < -0.3 is 0 Å². The average molecular weight is 252 g/mol. The van der Waals surface area contributed by atoms with Gasteiger partial charge in [0.2, 0.25) is 0 Å². The third-order valence-corrected chi connectivity index (χ3v) is 2.98. The predicted octanol–water partition coefficient (Wildman–Crippen LogP) is 0.450. The van der Waals surface area contributed by atoms with Crippen molar-refractivity contribution in [2.45, 2.75) is 32.6 Å². The fourth-order valence-corrected chi connectivity index (χ4v) is 1.92. The Kier molecular flexibility index (Phi) is 7.25. The van der Waals surface area contributed by atoms with Crippen molar-refractivity contribution in [1.29, 1.82) is 0 Å². The number of hydrogen-bond donors (Lipinski definition) is 1. The van der Waals surface area contributed by atoms with Gasteiger partial charge in [0.15, 0.2) is 0 Å². The first-order chi connectivity index (χ1) is 8.22. The molecule has 6 heteroatoms. The predicted molar refractivity (Wildman–Crippen MR) is 77.2 cm³/mol. The average Bonchev–Trinajstić information content (AvgIpc) is 2.57.